The molecule has 25 heavy (non-hydrogen) atoms. The summed E-state index contributed by atoms with van der Waals surface area (Å²) in [5, 5.41) is 0. The third-order valence-corrected chi connectivity index (χ3v) is 4.99. The number of hydrogen-bond donors (Lipinski definition) is 0. The van der Waals surface area contributed by atoms with Gasteiger partial charge in [-0.1, -0.05) is 78.9 Å². The monoisotopic (exact) mass is 338 g/mol. The summed E-state index contributed by atoms with van der Waals surface area (Å²) in [5.74, 6) is 0.506. The van der Waals surface area contributed by atoms with E-state index in [0.29, 0.717) is 0 Å². The summed E-state index contributed by atoms with van der Waals surface area (Å²) in [6, 6.07) is 25.9. The van der Waals surface area contributed by atoms with E-state index in [-0.39, 0.29) is 17.8 Å². The molecule has 0 nitrogen and oxygen atoms in total. The smallest absolute Gasteiger partial charge is 0.166 e. The van der Waals surface area contributed by atoms with Gasteiger partial charge >= 0.3 is 6.18 Å². The molecule has 2 atom stereocenters. The number of rotatable bonds is 3. The number of alkyl halides is 3. The molecule has 0 saturated heterocycles. The van der Waals surface area contributed by atoms with Crippen molar-refractivity contribution in [2.45, 2.75) is 23.9 Å². The fraction of sp³-hybridized carbons (Fsp3) is 0.182. The van der Waals surface area contributed by atoms with Crippen LogP contribution in [0.3, 0.4) is 0 Å². The zero-order valence-corrected chi connectivity index (χ0v) is 13.4. The van der Waals surface area contributed by atoms with E-state index in [1.165, 1.54) is 23.3 Å². The van der Waals surface area contributed by atoms with E-state index in [4.69, 9.17) is 0 Å². The highest BCUT2D eigenvalue weighted by Gasteiger charge is 2.52. The van der Waals surface area contributed by atoms with E-state index in [2.05, 4.69) is 24.3 Å². The molecule has 3 heteroatoms. The molecule has 3 aromatic rings. The Labute approximate surface area is 144 Å². The van der Waals surface area contributed by atoms with Crippen LogP contribution in [0.1, 0.15) is 40.0 Å². The highest BCUT2D eigenvalue weighted by atomic mass is 19.4. The predicted molar refractivity (Wildman–Crippen MR) is 92.6 cm³/mol. The molecule has 0 radical (unpaired) electrons. The second kappa shape index (κ2) is 6.07. The van der Waals surface area contributed by atoms with Crippen molar-refractivity contribution in [3.8, 4) is 0 Å². The van der Waals surface area contributed by atoms with Gasteiger partial charge in [0.15, 0.2) is 0 Å². The standard InChI is InChI=1S/C22H17F3/c23-22(24,25)18-13-7-12-17(14-18)21-19(15-8-3-1-4-9-15)20(21)16-10-5-2-6-11-16/h1-14,19-21H. The Morgan fingerprint density at radius 3 is 1.44 bits per heavy atom. The minimum Gasteiger partial charge on any atom is -0.166 e. The molecule has 0 amide bonds. The fourth-order valence-corrected chi connectivity index (χ4v) is 3.83. The summed E-state index contributed by atoms with van der Waals surface area (Å²) >= 11 is 0. The summed E-state index contributed by atoms with van der Waals surface area (Å²) in [5.41, 5.74) is 2.55. The van der Waals surface area contributed by atoms with E-state index in [1.807, 2.05) is 42.5 Å². The lowest BCUT2D eigenvalue weighted by atomic mass is 10.0. The zero-order chi connectivity index (χ0) is 17.4. The van der Waals surface area contributed by atoms with Crippen LogP contribution in [-0.4, -0.2) is 0 Å². The van der Waals surface area contributed by atoms with Crippen LogP contribution >= 0.6 is 0 Å². The number of benzene rings is 3. The Hall–Kier alpha value is -2.55. The lowest BCUT2D eigenvalue weighted by molar-refractivity contribution is -0.137. The third kappa shape index (κ3) is 3.07. The van der Waals surface area contributed by atoms with Gasteiger partial charge in [0.1, 0.15) is 0 Å². The van der Waals surface area contributed by atoms with Crippen molar-refractivity contribution in [1.82, 2.24) is 0 Å². The van der Waals surface area contributed by atoms with Crippen molar-refractivity contribution in [1.29, 1.82) is 0 Å². The lowest BCUT2D eigenvalue weighted by Gasteiger charge is -2.09. The fourth-order valence-electron chi connectivity index (χ4n) is 3.83. The first-order valence-electron chi connectivity index (χ1n) is 8.33. The Bertz CT molecular complexity index is 808. The highest BCUT2D eigenvalue weighted by Crippen LogP contribution is 2.66. The van der Waals surface area contributed by atoms with Gasteiger partial charge in [0.05, 0.1) is 5.56 Å². The summed E-state index contributed by atoms with van der Waals surface area (Å²) in [6.45, 7) is 0. The third-order valence-electron chi connectivity index (χ3n) is 4.99. The molecule has 0 heterocycles. The van der Waals surface area contributed by atoms with Crippen molar-refractivity contribution in [3.05, 3.63) is 107 Å². The molecule has 0 N–H and O–H groups in total. The molecule has 0 aliphatic heterocycles. The first-order chi connectivity index (χ1) is 12.1. The normalized spacial score (nSPS) is 22.6. The van der Waals surface area contributed by atoms with Crippen molar-refractivity contribution >= 4 is 0 Å². The van der Waals surface area contributed by atoms with Gasteiger partial charge in [0.25, 0.3) is 0 Å². The molecule has 4 rings (SSSR count). The Morgan fingerprint density at radius 1 is 0.520 bits per heavy atom. The van der Waals surface area contributed by atoms with Crippen LogP contribution in [0.4, 0.5) is 13.2 Å². The van der Waals surface area contributed by atoms with Crippen LogP contribution in [0, 0.1) is 0 Å². The highest BCUT2D eigenvalue weighted by molar-refractivity contribution is 5.48. The molecular formula is C22H17F3. The van der Waals surface area contributed by atoms with E-state index in [1.54, 1.807) is 0 Å². The minimum atomic E-state index is -4.31. The van der Waals surface area contributed by atoms with Crippen LogP contribution in [0.5, 0.6) is 0 Å². The van der Waals surface area contributed by atoms with Crippen LogP contribution in [-0.2, 0) is 6.18 Å². The quantitative estimate of drug-likeness (QED) is 0.520. The maximum Gasteiger partial charge on any atom is 0.416 e. The topological polar surface area (TPSA) is 0 Å². The molecular weight excluding hydrogens is 321 g/mol. The second-order valence-corrected chi connectivity index (χ2v) is 6.52. The predicted octanol–water partition coefficient (Wildman–Crippen LogP) is 6.37. The first-order valence-corrected chi connectivity index (χ1v) is 8.33. The van der Waals surface area contributed by atoms with Gasteiger partial charge in [-0.15, -0.1) is 0 Å². The molecule has 1 fully saturated rings. The maximum atomic E-state index is 13.1. The number of hydrogen-bond acceptors (Lipinski definition) is 0. The Morgan fingerprint density at radius 2 is 0.960 bits per heavy atom. The molecule has 1 saturated carbocycles. The number of halogens is 3. The van der Waals surface area contributed by atoms with E-state index < -0.39 is 11.7 Å². The van der Waals surface area contributed by atoms with Gasteiger partial charge in [-0.2, -0.15) is 13.2 Å². The van der Waals surface area contributed by atoms with Crippen LogP contribution in [0.25, 0.3) is 0 Å². The van der Waals surface area contributed by atoms with Crippen LogP contribution in [0.15, 0.2) is 84.9 Å². The van der Waals surface area contributed by atoms with Crippen molar-refractivity contribution in [2.75, 3.05) is 0 Å². The van der Waals surface area contributed by atoms with Crippen LogP contribution < -0.4 is 0 Å². The molecule has 1 aliphatic carbocycles. The molecule has 3 aromatic carbocycles. The van der Waals surface area contributed by atoms with Gasteiger partial charge in [0.2, 0.25) is 0 Å². The summed E-state index contributed by atoms with van der Waals surface area (Å²) in [6.07, 6.45) is -4.31. The minimum absolute atomic E-state index is 0.0760. The van der Waals surface area contributed by atoms with Gasteiger partial charge in [-0.05, 0) is 40.5 Å². The van der Waals surface area contributed by atoms with E-state index in [0.717, 1.165) is 11.6 Å². The average Bonchev–Trinajstić information content (AvgIpc) is 3.38. The first kappa shape index (κ1) is 15.9. The molecule has 0 aromatic heterocycles. The molecule has 0 spiro atoms. The lowest BCUT2D eigenvalue weighted by Crippen LogP contribution is -2.05. The summed E-state index contributed by atoms with van der Waals surface area (Å²) < 4.78 is 39.3. The van der Waals surface area contributed by atoms with E-state index >= 15 is 0 Å². The SMILES string of the molecule is FC(F)(F)c1cccc(C2C(c3ccccc3)C2c2ccccc2)c1. The average molecular weight is 338 g/mol. The summed E-state index contributed by atoms with van der Waals surface area (Å²) in [4.78, 5) is 0. The van der Waals surface area contributed by atoms with E-state index in [9.17, 15) is 13.2 Å². The zero-order valence-electron chi connectivity index (χ0n) is 13.4. The molecule has 1 aliphatic rings. The largest absolute Gasteiger partial charge is 0.416 e. The Balaban J connectivity index is 1.74. The molecule has 0 bridgehead atoms. The second-order valence-electron chi connectivity index (χ2n) is 6.52. The Kier molecular flexibility index (Phi) is 3.87. The van der Waals surface area contributed by atoms with Crippen molar-refractivity contribution in [2.24, 2.45) is 0 Å². The molecule has 126 valence electrons. The maximum absolute atomic E-state index is 13.1. The van der Waals surface area contributed by atoms with Crippen molar-refractivity contribution in [3.63, 3.8) is 0 Å². The van der Waals surface area contributed by atoms with Gasteiger partial charge in [-0.25, -0.2) is 0 Å². The van der Waals surface area contributed by atoms with Crippen molar-refractivity contribution < 1.29 is 13.2 Å². The van der Waals surface area contributed by atoms with Gasteiger partial charge < -0.3 is 0 Å². The molecule has 2 unspecified atom stereocenters. The van der Waals surface area contributed by atoms with Gasteiger partial charge in [-0.3, -0.25) is 0 Å². The summed E-state index contributed by atoms with van der Waals surface area (Å²) in [7, 11) is 0. The van der Waals surface area contributed by atoms with Crippen LogP contribution in [0.2, 0.25) is 0 Å². The van der Waals surface area contributed by atoms with Gasteiger partial charge in [0, 0.05) is 0 Å².